The molecule has 0 aromatic heterocycles. The third-order valence-electron chi connectivity index (χ3n) is 3.41. The predicted molar refractivity (Wildman–Crippen MR) is 74.7 cm³/mol. The van der Waals surface area contributed by atoms with Crippen LogP contribution in [0.2, 0.25) is 0 Å². The van der Waals surface area contributed by atoms with E-state index in [2.05, 4.69) is 0 Å². The van der Waals surface area contributed by atoms with Crippen LogP contribution in [0, 0.1) is 0 Å². The molecular weight excluding hydrogens is 274 g/mol. The Morgan fingerprint density at radius 3 is 2.57 bits per heavy atom. The van der Waals surface area contributed by atoms with Crippen molar-refractivity contribution in [1.29, 1.82) is 0 Å². The molecule has 1 heterocycles. The lowest BCUT2D eigenvalue weighted by Crippen LogP contribution is -2.53. The Hall–Kier alpha value is -1.92. The smallest absolute Gasteiger partial charge is 0.334 e. The normalized spacial score (nSPS) is 23.6. The van der Waals surface area contributed by atoms with E-state index in [4.69, 9.17) is 14.6 Å². The van der Waals surface area contributed by atoms with E-state index in [0.29, 0.717) is 6.54 Å². The summed E-state index contributed by atoms with van der Waals surface area (Å²) in [4.78, 5) is 25.2. The van der Waals surface area contributed by atoms with E-state index in [1.165, 1.54) is 12.0 Å². The number of benzene rings is 1. The number of ether oxygens (including phenoxy) is 2. The van der Waals surface area contributed by atoms with Gasteiger partial charge in [-0.1, -0.05) is 30.3 Å². The number of carboxylic acids is 1. The average molecular weight is 293 g/mol. The van der Waals surface area contributed by atoms with Gasteiger partial charge in [0.1, 0.15) is 0 Å². The van der Waals surface area contributed by atoms with Gasteiger partial charge in [0, 0.05) is 13.7 Å². The van der Waals surface area contributed by atoms with Gasteiger partial charge in [-0.05, 0) is 12.5 Å². The molecule has 2 unspecified atom stereocenters. The van der Waals surface area contributed by atoms with Crippen molar-refractivity contribution in [3.8, 4) is 0 Å². The van der Waals surface area contributed by atoms with Crippen LogP contribution in [0.5, 0.6) is 0 Å². The van der Waals surface area contributed by atoms with E-state index in [9.17, 15) is 9.59 Å². The molecule has 21 heavy (non-hydrogen) atoms. The van der Waals surface area contributed by atoms with Crippen molar-refractivity contribution < 1.29 is 24.2 Å². The Morgan fingerprint density at radius 2 is 2.00 bits per heavy atom. The topological polar surface area (TPSA) is 76.1 Å². The van der Waals surface area contributed by atoms with Crippen molar-refractivity contribution in [2.75, 3.05) is 20.2 Å². The molecule has 1 fully saturated rings. The van der Waals surface area contributed by atoms with Crippen molar-refractivity contribution in [1.82, 2.24) is 4.90 Å². The number of morpholine rings is 1. The molecule has 1 N–H and O–H groups in total. The van der Waals surface area contributed by atoms with E-state index in [1.54, 1.807) is 6.92 Å². The summed E-state index contributed by atoms with van der Waals surface area (Å²) in [6.45, 7) is 2.14. The molecule has 0 bridgehead atoms. The van der Waals surface area contributed by atoms with Crippen LogP contribution in [-0.4, -0.2) is 54.3 Å². The molecule has 1 aromatic carbocycles. The maximum atomic E-state index is 12.6. The summed E-state index contributed by atoms with van der Waals surface area (Å²) in [7, 11) is 1.47. The molecule has 1 aliphatic rings. The summed E-state index contributed by atoms with van der Waals surface area (Å²) in [5, 5.41) is 9.07. The molecule has 0 aliphatic carbocycles. The summed E-state index contributed by atoms with van der Waals surface area (Å²) in [5.41, 5.74) is 0.746. The fourth-order valence-electron chi connectivity index (χ4n) is 2.44. The van der Waals surface area contributed by atoms with Crippen LogP contribution in [0.4, 0.5) is 0 Å². The highest BCUT2D eigenvalue weighted by Gasteiger charge is 2.35. The molecule has 2 rings (SSSR count). The summed E-state index contributed by atoms with van der Waals surface area (Å²) < 4.78 is 10.6. The molecule has 0 spiro atoms. The van der Waals surface area contributed by atoms with Crippen molar-refractivity contribution in [3.05, 3.63) is 35.9 Å². The van der Waals surface area contributed by atoms with E-state index in [-0.39, 0.29) is 18.6 Å². The molecule has 6 heteroatoms. The van der Waals surface area contributed by atoms with Gasteiger partial charge < -0.3 is 19.5 Å². The number of carbonyl (C=O) groups is 2. The fraction of sp³-hybridized carbons (Fsp3) is 0.467. The molecule has 114 valence electrons. The van der Waals surface area contributed by atoms with Gasteiger partial charge in [-0.15, -0.1) is 0 Å². The highest BCUT2D eigenvalue weighted by molar-refractivity contribution is 5.83. The van der Waals surface area contributed by atoms with E-state index in [1.807, 2.05) is 30.3 Å². The van der Waals surface area contributed by atoms with Crippen molar-refractivity contribution in [3.63, 3.8) is 0 Å². The first-order valence-electron chi connectivity index (χ1n) is 6.77. The van der Waals surface area contributed by atoms with Gasteiger partial charge in [0.2, 0.25) is 0 Å². The standard InChI is InChI=1S/C15H19NO5/c1-10-8-16(9-12(21-10)15(18)19)14(17)13(20-2)11-6-4-3-5-7-11/h3-7,10,12-13H,8-9H2,1-2H3,(H,18,19)/t10-,12?,13?/m1/s1. The minimum Gasteiger partial charge on any atom is -0.479 e. The molecule has 6 nitrogen and oxygen atoms in total. The molecule has 0 saturated carbocycles. The number of carbonyl (C=O) groups excluding carboxylic acids is 1. The Bertz CT molecular complexity index is 504. The zero-order chi connectivity index (χ0) is 15.4. The highest BCUT2D eigenvalue weighted by Crippen LogP contribution is 2.22. The van der Waals surface area contributed by atoms with Crippen molar-refractivity contribution in [2.24, 2.45) is 0 Å². The van der Waals surface area contributed by atoms with Gasteiger partial charge in [-0.2, -0.15) is 0 Å². The van der Waals surface area contributed by atoms with E-state index >= 15 is 0 Å². The molecule has 0 radical (unpaired) electrons. The van der Waals surface area contributed by atoms with Crippen LogP contribution < -0.4 is 0 Å². The van der Waals surface area contributed by atoms with Gasteiger partial charge in [0.25, 0.3) is 5.91 Å². The predicted octanol–water partition coefficient (Wildman–Crippen LogP) is 1.07. The summed E-state index contributed by atoms with van der Waals surface area (Å²) >= 11 is 0. The lowest BCUT2D eigenvalue weighted by atomic mass is 10.1. The van der Waals surface area contributed by atoms with Crippen LogP contribution in [0.15, 0.2) is 30.3 Å². The van der Waals surface area contributed by atoms with Gasteiger partial charge in [-0.25, -0.2) is 4.79 Å². The minimum absolute atomic E-state index is 0.0329. The molecule has 3 atom stereocenters. The Balaban J connectivity index is 2.15. The highest BCUT2D eigenvalue weighted by atomic mass is 16.5. The zero-order valence-electron chi connectivity index (χ0n) is 12.1. The lowest BCUT2D eigenvalue weighted by Gasteiger charge is -2.36. The second-order valence-electron chi connectivity index (χ2n) is 5.04. The van der Waals surface area contributed by atoms with Crippen molar-refractivity contribution >= 4 is 11.9 Å². The number of amides is 1. The van der Waals surface area contributed by atoms with Crippen molar-refractivity contribution in [2.45, 2.75) is 25.2 Å². The molecule has 1 saturated heterocycles. The third-order valence-corrected chi connectivity index (χ3v) is 3.41. The quantitative estimate of drug-likeness (QED) is 0.899. The van der Waals surface area contributed by atoms with Crippen LogP contribution in [0.3, 0.4) is 0 Å². The number of aliphatic carboxylic acids is 1. The number of hydrogen-bond donors (Lipinski definition) is 1. The first kappa shape index (κ1) is 15.5. The first-order valence-corrected chi connectivity index (χ1v) is 6.77. The van der Waals surface area contributed by atoms with Crippen LogP contribution in [0.25, 0.3) is 0 Å². The summed E-state index contributed by atoms with van der Waals surface area (Å²) in [6, 6.07) is 9.14. The van der Waals surface area contributed by atoms with Gasteiger partial charge in [-0.3, -0.25) is 4.79 Å². The van der Waals surface area contributed by atoms with Crippen LogP contribution >= 0.6 is 0 Å². The maximum Gasteiger partial charge on any atom is 0.334 e. The van der Waals surface area contributed by atoms with Gasteiger partial charge in [0.15, 0.2) is 12.2 Å². The number of rotatable bonds is 4. The molecule has 1 aliphatic heterocycles. The van der Waals surface area contributed by atoms with Gasteiger partial charge in [0.05, 0.1) is 12.6 Å². The summed E-state index contributed by atoms with van der Waals surface area (Å²) in [5.74, 6) is -1.31. The van der Waals surface area contributed by atoms with Crippen LogP contribution in [-0.2, 0) is 19.1 Å². The average Bonchev–Trinajstić information content (AvgIpc) is 2.48. The largest absolute Gasteiger partial charge is 0.479 e. The molecule has 1 amide bonds. The second kappa shape index (κ2) is 6.69. The number of carboxylic acid groups (broad SMARTS) is 1. The number of nitrogens with zero attached hydrogens (tertiary/aromatic N) is 1. The molecular formula is C15H19NO5. The monoisotopic (exact) mass is 293 g/mol. The van der Waals surface area contributed by atoms with E-state index in [0.717, 1.165) is 5.56 Å². The SMILES string of the molecule is COC(C(=O)N1CC(C(=O)O)O[C@H](C)C1)c1ccccc1. The zero-order valence-corrected chi connectivity index (χ0v) is 12.1. The number of methoxy groups -OCH3 is 1. The molecule has 1 aromatic rings. The lowest BCUT2D eigenvalue weighted by molar-refractivity contribution is -0.170. The minimum atomic E-state index is -1.06. The Labute approximate surface area is 123 Å². The Morgan fingerprint density at radius 1 is 1.33 bits per heavy atom. The first-order chi connectivity index (χ1) is 10.0. The third kappa shape index (κ3) is 3.59. The van der Waals surface area contributed by atoms with Gasteiger partial charge >= 0.3 is 5.97 Å². The van der Waals surface area contributed by atoms with E-state index < -0.39 is 18.2 Å². The number of hydrogen-bond acceptors (Lipinski definition) is 4. The Kier molecular flexibility index (Phi) is 4.93. The summed E-state index contributed by atoms with van der Waals surface area (Å²) in [6.07, 6.45) is -2.05. The fourth-order valence-corrected chi connectivity index (χ4v) is 2.44. The maximum absolute atomic E-state index is 12.6. The van der Waals surface area contributed by atoms with Crippen LogP contribution in [0.1, 0.15) is 18.6 Å². The second-order valence-corrected chi connectivity index (χ2v) is 5.04.